The van der Waals surface area contributed by atoms with Gasteiger partial charge in [0.25, 0.3) is 0 Å². The van der Waals surface area contributed by atoms with Gasteiger partial charge in [-0.3, -0.25) is 0 Å². The Balaban J connectivity index is 2.77. The molecule has 1 atom stereocenters. The Morgan fingerprint density at radius 1 is 1.54 bits per heavy atom. The molecule has 1 nitrogen and oxygen atoms in total. The molecule has 0 radical (unpaired) electrons. The molecule has 3 heteroatoms. The predicted molar refractivity (Wildman–Crippen MR) is 51.6 cm³/mol. The van der Waals surface area contributed by atoms with E-state index >= 15 is 0 Å². The molecule has 0 aliphatic rings. The van der Waals surface area contributed by atoms with Gasteiger partial charge in [-0.2, -0.15) is 0 Å². The van der Waals surface area contributed by atoms with Crippen molar-refractivity contribution in [1.29, 1.82) is 0 Å². The minimum atomic E-state index is -0.550. The smallest absolute Gasteiger partial charge is 0.123 e. The first kappa shape index (κ1) is 10.5. The molecule has 0 aliphatic carbocycles. The number of hydrogen-bond acceptors (Lipinski definition) is 1. The normalized spacial score (nSPS) is 12.9. The van der Waals surface area contributed by atoms with E-state index in [4.69, 9.17) is 11.6 Å². The Hall–Kier alpha value is -0.600. The van der Waals surface area contributed by atoms with E-state index in [-0.39, 0.29) is 11.7 Å². The second-order valence-electron chi connectivity index (χ2n) is 3.08. The molecule has 1 rings (SSSR count). The third-order valence-corrected chi connectivity index (χ3v) is 2.29. The van der Waals surface area contributed by atoms with Crippen LogP contribution in [0.5, 0.6) is 0 Å². The zero-order chi connectivity index (χ0) is 9.84. The molecule has 0 fully saturated rings. The number of aliphatic hydroxyl groups excluding tert-OH is 1. The molecule has 0 spiro atoms. The van der Waals surface area contributed by atoms with Gasteiger partial charge >= 0.3 is 0 Å². The van der Waals surface area contributed by atoms with Crippen LogP contribution in [-0.2, 0) is 6.42 Å². The zero-order valence-electron chi connectivity index (χ0n) is 7.43. The maximum atomic E-state index is 12.7. The number of aryl methyl sites for hydroxylation is 1. The van der Waals surface area contributed by atoms with Gasteiger partial charge in [-0.25, -0.2) is 4.39 Å². The highest BCUT2D eigenvalue weighted by Gasteiger charge is 2.06. The second-order valence-corrected chi connectivity index (χ2v) is 3.39. The van der Waals surface area contributed by atoms with Crippen molar-refractivity contribution < 1.29 is 9.50 Å². The fraction of sp³-hybridized carbons (Fsp3) is 0.400. The summed E-state index contributed by atoms with van der Waals surface area (Å²) in [4.78, 5) is 0. The van der Waals surface area contributed by atoms with Crippen LogP contribution in [0, 0.1) is 12.7 Å². The molecule has 0 amide bonds. The van der Waals surface area contributed by atoms with Crippen molar-refractivity contribution in [3.63, 3.8) is 0 Å². The summed E-state index contributed by atoms with van der Waals surface area (Å²) in [7, 11) is 0. The first-order chi connectivity index (χ1) is 6.13. The Labute approximate surface area is 82.2 Å². The fourth-order valence-electron chi connectivity index (χ4n) is 1.20. The highest BCUT2D eigenvalue weighted by molar-refractivity contribution is 6.18. The van der Waals surface area contributed by atoms with Crippen molar-refractivity contribution in [2.75, 3.05) is 5.88 Å². The van der Waals surface area contributed by atoms with Crippen LogP contribution in [0.1, 0.15) is 11.1 Å². The van der Waals surface area contributed by atoms with Gasteiger partial charge in [0.2, 0.25) is 0 Å². The predicted octanol–water partition coefficient (Wildman–Crippen LogP) is 2.28. The summed E-state index contributed by atoms with van der Waals surface area (Å²) in [5.74, 6) is -0.0433. The monoisotopic (exact) mass is 202 g/mol. The average Bonchev–Trinajstić information content (AvgIpc) is 2.09. The highest BCUT2D eigenvalue weighted by Crippen LogP contribution is 2.12. The summed E-state index contributed by atoms with van der Waals surface area (Å²) in [5, 5.41) is 9.28. The number of halogens is 2. The first-order valence-electron chi connectivity index (χ1n) is 4.12. The van der Waals surface area contributed by atoms with Gasteiger partial charge in [0.15, 0.2) is 0 Å². The molecule has 0 heterocycles. The lowest BCUT2D eigenvalue weighted by atomic mass is 10.0. The number of alkyl halides is 1. The van der Waals surface area contributed by atoms with Crippen LogP contribution in [-0.4, -0.2) is 17.1 Å². The van der Waals surface area contributed by atoms with Gasteiger partial charge in [0, 0.05) is 5.88 Å². The van der Waals surface area contributed by atoms with E-state index in [0.717, 1.165) is 11.1 Å². The second kappa shape index (κ2) is 4.58. The topological polar surface area (TPSA) is 20.2 Å². The van der Waals surface area contributed by atoms with E-state index in [0.29, 0.717) is 6.42 Å². The van der Waals surface area contributed by atoms with Crippen LogP contribution in [0.3, 0.4) is 0 Å². The molecular weight excluding hydrogens is 191 g/mol. The van der Waals surface area contributed by atoms with Crippen molar-refractivity contribution in [1.82, 2.24) is 0 Å². The van der Waals surface area contributed by atoms with Gasteiger partial charge in [-0.1, -0.05) is 6.07 Å². The minimum absolute atomic E-state index is 0.205. The maximum Gasteiger partial charge on any atom is 0.123 e. The zero-order valence-corrected chi connectivity index (χ0v) is 8.18. The molecule has 72 valence electrons. The fourth-order valence-corrected chi connectivity index (χ4v) is 1.31. The van der Waals surface area contributed by atoms with Gasteiger partial charge in [-0.05, 0) is 36.6 Å². The maximum absolute atomic E-state index is 12.7. The number of benzene rings is 1. The largest absolute Gasteiger partial charge is 0.392 e. The summed E-state index contributed by atoms with van der Waals surface area (Å²) in [6.07, 6.45) is -0.0684. The SMILES string of the molecule is Cc1cc(F)ccc1CC(O)CCl. The first-order valence-corrected chi connectivity index (χ1v) is 4.66. The summed E-state index contributed by atoms with van der Waals surface area (Å²) < 4.78 is 12.7. The van der Waals surface area contributed by atoms with E-state index in [2.05, 4.69) is 0 Å². The van der Waals surface area contributed by atoms with Crippen LogP contribution in [0.2, 0.25) is 0 Å². The van der Waals surface area contributed by atoms with Crippen molar-refractivity contribution in [3.8, 4) is 0 Å². The Kier molecular flexibility index (Phi) is 3.70. The summed E-state index contributed by atoms with van der Waals surface area (Å²) in [6.45, 7) is 1.82. The van der Waals surface area contributed by atoms with E-state index in [1.54, 1.807) is 6.07 Å². The van der Waals surface area contributed by atoms with Crippen LogP contribution in [0.4, 0.5) is 4.39 Å². The summed E-state index contributed by atoms with van der Waals surface area (Å²) in [6, 6.07) is 4.53. The quantitative estimate of drug-likeness (QED) is 0.746. The molecule has 0 aromatic heterocycles. The van der Waals surface area contributed by atoms with Crippen molar-refractivity contribution in [2.45, 2.75) is 19.4 Å². The van der Waals surface area contributed by atoms with Crippen molar-refractivity contribution in [3.05, 3.63) is 35.1 Å². The molecule has 0 aliphatic heterocycles. The van der Waals surface area contributed by atoms with Gasteiger partial charge in [0.05, 0.1) is 6.10 Å². The molecule has 1 unspecified atom stereocenters. The van der Waals surface area contributed by atoms with Gasteiger partial charge < -0.3 is 5.11 Å². The van der Waals surface area contributed by atoms with Crippen LogP contribution in [0.15, 0.2) is 18.2 Å². The molecular formula is C10H12ClFO. The van der Waals surface area contributed by atoms with Crippen LogP contribution in [0.25, 0.3) is 0 Å². The Morgan fingerprint density at radius 2 is 2.23 bits per heavy atom. The Morgan fingerprint density at radius 3 is 2.77 bits per heavy atom. The molecule has 1 aromatic carbocycles. The van der Waals surface area contributed by atoms with Gasteiger partial charge in [-0.15, -0.1) is 11.6 Å². The lowest BCUT2D eigenvalue weighted by Crippen LogP contribution is -2.12. The van der Waals surface area contributed by atoms with E-state index in [1.807, 2.05) is 6.92 Å². The van der Waals surface area contributed by atoms with E-state index < -0.39 is 6.10 Å². The van der Waals surface area contributed by atoms with E-state index in [1.165, 1.54) is 12.1 Å². The molecule has 13 heavy (non-hydrogen) atoms. The lowest BCUT2D eigenvalue weighted by Gasteiger charge is -2.09. The highest BCUT2D eigenvalue weighted by atomic mass is 35.5. The molecule has 0 saturated carbocycles. The molecule has 1 aromatic rings. The third-order valence-electron chi connectivity index (χ3n) is 1.94. The molecule has 0 bridgehead atoms. The molecule has 0 saturated heterocycles. The summed E-state index contributed by atoms with van der Waals surface area (Å²) in [5.41, 5.74) is 1.79. The van der Waals surface area contributed by atoms with E-state index in [9.17, 15) is 9.50 Å². The standard InChI is InChI=1S/C10H12ClFO/c1-7-4-9(12)3-2-8(7)5-10(13)6-11/h2-4,10,13H,5-6H2,1H3. The molecule has 1 N–H and O–H groups in total. The van der Waals surface area contributed by atoms with Crippen molar-refractivity contribution in [2.24, 2.45) is 0 Å². The number of rotatable bonds is 3. The number of aliphatic hydroxyl groups is 1. The summed E-state index contributed by atoms with van der Waals surface area (Å²) >= 11 is 5.46. The lowest BCUT2D eigenvalue weighted by molar-refractivity contribution is 0.198. The minimum Gasteiger partial charge on any atom is -0.392 e. The average molecular weight is 203 g/mol. The van der Waals surface area contributed by atoms with Crippen molar-refractivity contribution >= 4 is 11.6 Å². The Bertz CT molecular complexity index is 288. The number of hydrogen-bond donors (Lipinski definition) is 1. The van der Waals surface area contributed by atoms with Gasteiger partial charge in [0.1, 0.15) is 5.82 Å². The third kappa shape index (κ3) is 2.98. The van der Waals surface area contributed by atoms with Crippen LogP contribution >= 0.6 is 11.6 Å². The van der Waals surface area contributed by atoms with Crippen LogP contribution < -0.4 is 0 Å².